The number of hydrogen-bond acceptors (Lipinski definition) is 8. The maximum Gasteiger partial charge on any atom is 0.338 e. The number of carbonyl (C=O) groups is 1. The Kier molecular flexibility index (Phi) is 8.24. The van der Waals surface area contributed by atoms with Gasteiger partial charge in [0.15, 0.2) is 5.43 Å². The van der Waals surface area contributed by atoms with Gasteiger partial charge in [-0.15, -0.1) is 0 Å². The lowest BCUT2D eigenvalue weighted by Gasteiger charge is -2.28. The van der Waals surface area contributed by atoms with Gasteiger partial charge < -0.3 is 30.1 Å². The zero-order valence-corrected chi connectivity index (χ0v) is 20.5. The molecule has 3 aromatic rings. The minimum Gasteiger partial charge on any atom is -0.462 e. The molecule has 1 aliphatic rings. The zero-order valence-electron chi connectivity index (χ0n) is 20.5. The van der Waals surface area contributed by atoms with Crippen molar-refractivity contribution in [3.8, 4) is 0 Å². The highest BCUT2D eigenvalue weighted by molar-refractivity contribution is 5.91. The van der Waals surface area contributed by atoms with E-state index in [1.165, 1.54) is 5.01 Å². The molecule has 0 radical (unpaired) electrons. The van der Waals surface area contributed by atoms with Crippen LogP contribution in [0.2, 0.25) is 0 Å². The van der Waals surface area contributed by atoms with Crippen LogP contribution in [0, 0.1) is 0 Å². The molecule has 1 fully saturated rings. The molecule has 0 saturated carbocycles. The molecular weight excluding hydrogens is 458 g/mol. The number of benzene rings is 2. The number of fused-ring (bicyclic) bond motifs is 1. The summed E-state index contributed by atoms with van der Waals surface area (Å²) in [5, 5.41) is 2.01. The van der Waals surface area contributed by atoms with Gasteiger partial charge in [0.2, 0.25) is 0 Å². The van der Waals surface area contributed by atoms with Crippen molar-refractivity contribution in [2.75, 3.05) is 37.8 Å². The summed E-state index contributed by atoms with van der Waals surface area (Å²) in [6.07, 6.45) is 3.42. The van der Waals surface area contributed by atoms with Gasteiger partial charge in [0, 0.05) is 37.7 Å². The zero-order chi connectivity index (χ0) is 25.5. The third kappa shape index (κ3) is 6.05. The molecule has 2 aromatic carbocycles. The van der Waals surface area contributed by atoms with Gasteiger partial charge >= 0.3 is 5.97 Å². The van der Waals surface area contributed by atoms with E-state index < -0.39 is 0 Å². The molecule has 0 unspecified atom stereocenters. The molecule has 1 saturated heterocycles. The molecule has 0 aliphatic carbocycles. The average molecular weight is 494 g/mol. The number of hydrogen-bond donors (Lipinski definition) is 3. The van der Waals surface area contributed by atoms with Gasteiger partial charge in [-0.05, 0) is 30.2 Å². The Morgan fingerprint density at radius 2 is 2.00 bits per heavy atom. The number of aromatic nitrogens is 1. The van der Waals surface area contributed by atoms with E-state index in [-0.39, 0.29) is 12.8 Å². The summed E-state index contributed by atoms with van der Waals surface area (Å²) < 4.78 is 10.7. The first-order valence-electron chi connectivity index (χ1n) is 12.2. The molecule has 0 spiro atoms. The fourth-order valence-corrected chi connectivity index (χ4v) is 4.17. The van der Waals surface area contributed by atoms with Crippen molar-refractivity contribution in [2.24, 2.45) is 11.6 Å². The van der Waals surface area contributed by atoms with Gasteiger partial charge in [-0.25, -0.2) is 10.6 Å². The summed E-state index contributed by atoms with van der Waals surface area (Å²) in [4.78, 5) is 30.6. The molecule has 4 rings (SSSR count). The molecule has 9 nitrogen and oxygen atoms in total. The molecule has 0 bridgehead atoms. The highest BCUT2D eigenvalue weighted by atomic mass is 16.5. The summed E-state index contributed by atoms with van der Waals surface area (Å²) >= 11 is 0. The third-order valence-corrected chi connectivity index (χ3v) is 6.08. The summed E-state index contributed by atoms with van der Waals surface area (Å²) in [6, 6.07) is 14.2. The Bertz CT molecular complexity index is 1300. The summed E-state index contributed by atoms with van der Waals surface area (Å²) in [7, 11) is 0. The summed E-state index contributed by atoms with van der Waals surface area (Å²) in [6.45, 7) is 5.42. The van der Waals surface area contributed by atoms with Crippen LogP contribution < -0.4 is 21.9 Å². The first-order valence-corrected chi connectivity index (χ1v) is 12.2. The minimum absolute atomic E-state index is 0. The molecule has 2 heterocycles. The first kappa shape index (κ1) is 25.3. The number of H-pyrrole nitrogens is 1. The topological polar surface area (TPSA) is 127 Å². The van der Waals surface area contributed by atoms with E-state index in [0.717, 1.165) is 24.2 Å². The quantitative estimate of drug-likeness (QED) is 0.180. The molecule has 1 aliphatic heterocycles. The number of morpholine rings is 1. The number of nitrogens with two attached hydrogens (primary N) is 2. The number of aromatic amines is 1. The number of hydrazine groups is 1. The fraction of sp³-hybridized carbons (Fsp3) is 0.333. The number of nitrogens with one attached hydrogen (secondary N) is 1. The Morgan fingerprint density at radius 3 is 2.78 bits per heavy atom. The number of unbranched alkanes of at least 4 members (excludes halogenated alkanes) is 1. The number of para-hydroxylation sites is 1. The lowest BCUT2D eigenvalue weighted by Crippen LogP contribution is -2.37. The maximum absolute atomic E-state index is 12.8. The van der Waals surface area contributed by atoms with Gasteiger partial charge in [-0.1, -0.05) is 37.6 Å². The summed E-state index contributed by atoms with van der Waals surface area (Å²) in [5.74, 6) is 6.65. The van der Waals surface area contributed by atoms with Crippen molar-refractivity contribution in [3.63, 3.8) is 0 Å². The van der Waals surface area contributed by atoms with E-state index in [1.54, 1.807) is 42.6 Å². The molecule has 9 heteroatoms. The third-order valence-electron chi connectivity index (χ3n) is 6.08. The molecule has 5 N–H and O–H groups in total. The van der Waals surface area contributed by atoms with E-state index >= 15 is 0 Å². The van der Waals surface area contributed by atoms with Crippen LogP contribution in [0.4, 0.5) is 5.82 Å². The van der Waals surface area contributed by atoms with Crippen molar-refractivity contribution in [1.29, 1.82) is 0 Å². The highest BCUT2D eigenvalue weighted by Crippen LogP contribution is 2.23. The Hall–Kier alpha value is -3.82. The minimum atomic E-state index is -0.347. The maximum atomic E-state index is 12.8. The van der Waals surface area contributed by atoms with Crippen LogP contribution >= 0.6 is 0 Å². The Morgan fingerprint density at radius 1 is 1.22 bits per heavy atom. The van der Waals surface area contributed by atoms with Gasteiger partial charge in [0.05, 0.1) is 43.1 Å². The van der Waals surface area contributed by atoms with Gasteiger partial charge in [0.1, 0.15) is 5.82 Å². The number of esters is 1. The van der Waals surface area contributed by atoms with Gasteiger partial charge in [0.25, 0.3) is 0 Å². The summed E-state index contributed by atoms with van der Waals surface area (Å²) in [5.41, 5.74) is 9.45. The van der Waals surface area contributed by atoms with Crippen LogP contribution in [-0.4, -0.2) is 48.9 Å². The largest absolute Gasteiger partial charge is 0.462 e. The smallest absolute Gasteiger partial charge is 0.338 e. The van der Waals surface area contributed by atoms with Gasteiger partial charge in [-0.3, -0.25) is 4.79 Å². The highest BCUT2D eigenvalue weighted by Gasteiger charge is 2.16. The van der Waals surface area contributed by atoms with E-state index in [2.05, 4.69) is 9.88 Å². The normalized spacial score (nSPS) is 14.2. The van der Waals surface area contributed by atoms with Crippen molar-refractivity contribution in [2.45, 2.75) is 26.3 Å². The number of ether oxygens (including phenoxy) is 2. The second-order valence-corrected chi connectivity index (χ2v) is 8.79. The SMILES string of the molecule is CCCCOC(=O)c1cccc(CN(N)/C=C(\N)c2cccc3c(=O)cc(N4CCOCC4)[nH]c23)c1.[HH]. The predicted molar refractivity (Wildman–Crippen MR) is 143 cm³/mol. The standard InChI is InChI=1S/C27H33N5O4.H2/c1-2-3-12-36-27(34)20-7-4-6-19(15-20)17-32(29)18-23(28)21-8-5-9-22-24(33)16-25(30-26(21)22)31-10-13-35-14-11-31;/h4-9,15-16,18H,2-3,10-14,17,28-29H2,1H3,(H,30,33);1H/b23-18-;. The number of rotatable bonds is 9. The second-order valence-electron chi connectivity index (χ2n) is 8.79. The van der Waals surface area contributed by atoms with Crippen molar-refractivity contribution in [1.82, 2.24) is 9.99 Å². The Labute approximate surface area is 211 Å². The molecule has 0 atom stereocenters. The van der Waals surface area contributed by atoms with Gasteiger partial charge in [-0.2, -0.15) is 0 Å². The van der Waals surface area contributed by atoms with E-state index in [1.807, 2.05) is 19.1 Å². The number of pyridine rings is 1. The van der Waals surface area contributed by atoms with Crippen LogP contribution in [0.3, 0.4) is 0 Å². The lowest BCUT2D eigenvalue weighted by atomic mass is 10.1. The molecule has 1 aromatic heterocycles. The number of carbonyl (C=O) groups excluding carboxylic acids is 1. The monoisotopic (exact) mass is 493 g/mol. The predicted octanol–water partition coefficient (Wildman–Crippen LogP) is 3.20. The van der Waals surface area contributed by atoms with Crippen LogP contribution in [0.25, 0.3) is 16.6 Å². The fourth-order valence-electron chi connectivity index (χ4n) is 4.17. The van der Waals surface area contributed by atoms with Crippen molar-refractivity contribution in [3.05, 3.63) is 81.6 Å². The molecule has 192 valence electrons. The van der Waals surface area contributed by atoms with Crippen molar-refractivity contribution < 1.29 is 15.7 Å². The average Bonchev–Trinajstić information content (AvgIpc) is 2.89. The number of nitrogens with zero attached hydrogens (tertiary/aromatic N) is 2. The number of anilines is 1. The molecule has 36 heavy (non-hydrogen) atoms. The van der Waals surface area contributed by atoms with E-state index in [4.69, 9.17) is 21.1 Å². The molecular formula is C27H35N5O4. The lowest BCUT2D eigenvalue weighted by molar-refractivity contribution is 0.0499. The van der Waals surface area contributed by atoms with Crippen LogP contribution in [0.15, 0.2) is 59.5 Å². The Balaban J connectivity index is 0.00000380. The van der Waals surface area contributed by atoms with E-state index in [9.17, 15) is 9.59 Å². The van der Waals surface area contributed by atoms with Crippen LogP contribution in [-0.2, 0) is 16.0 Å². The van der Waals surface area contributed by atoms with Crippen LogP contribution in [0.5, 0.6) is 0 Å². The van der Waals surface area contributed by atoms with E-state index in [0.29, 0.717) is 67.2 Å². The van der Waals surface area contributed by atoms with Crippen molar-refractivity contribution >= 4 is 28.4 Å². The first-order chi connectivity index (χ1) is 17.5. The second kappa shape index (κ2) is 11.7. The van der Waals surface area contributed by atoms with Crippen LogP contribution in [0.1, 0.15) is 42.7 Å². The molecule has 0 amide bonds.